The van der Waals surface area contributed by atoms with Crippen molar-refractivity contribution in [2.75, 3.05) is 5.32 Å². The Balaban J connectivity index is 0.00000220. The van der Waals surface area contributed by atoms with Gasteiger partial charge in [0.25, 0.3) is 0 Å². The fraction of sp³-hybridized carbons (Fsp3) is 0.286. The molecule has 1 heterocycles. The van der Waals surface area contributed by atoms with E-state index in [1.165, 1.54) is 11.3 Å². The summed E-state index contributed by atoms with van der Waals surface area (Å²) < 4.78 is 0. The Bertz CT molecular complexity index is 586. The highest BCUT2D eigenvalue weighted by atomic mass is 35.5. The van der Waals surface area contributed by atoms with Crippen LogP contribution >= 0.6 is 35.3 Å². The molecule has 0 bridgehead atoms. The molecule has 2 rings (SSSR count). The Morgan fingerprint density at radius 3 is 2.71 bits per heavy atom. The summed E-state index contributed by atoms with van der Waals surface area (Å²) in [7, 11) is 0. The number of rotatable bonds is 5. The summed E-state index contributed by atoms with van der Waals surface area (Å²) >= 11 is 7.23. The molecule has 1 aromatic carbocycles. The highest BCUT2D eigenvalue weighted by Gasteiger charge is 2.14. The average molecular weight is 346 g/mol. The molecule has 4 nitrogen and oxygen atoms in total. The number of thiazole rings is 1. The number of nitrogens with two attached hydrogens (primary N) is 1. The van der Waals surface area contributed by atoms with E-state index in [2.05, 4.69) is 10.3 Å². The van der Waals surface area contributed by atoms with Crippen molar-refractivity contribution in [3.63, 3.8) is 0 Å². The van der Waals surface area contributed by atoms with E-state index in [1.54, 1.807) is 0 Å². The molecule has 114 valence electrons. The second kappa shape index (κ2) is 8.34. The molecule has 1 atom stereocenters. The Hall–Kier alpha value is -1.14. The van der Waals surface area contributed by atoms with Gasteiger partial charge in [-0.15, -0.1) is 23.7 Å². The van der Waals surface area contributed by atoms with Crippen LogP contribution in [0.2, 0.25) is 5.02 Å². The smallest absolute Gasteiger partial charge is 0.243 e. The van der Waals surface area contributed by atoms with Gasteiger partial charge in [0.15, 0.2) is 5.13 Å². The lowest BCUT2D eigenvalue weighted by molar-refractivity contribution is -0.117. The maximum atomic E-state index is 11.8. The summed E-state index contributed by atoms with van der Waals surface area (Å²) in [4.78, 5) is 16.2. The van der Waals surface area contributed by atoms with E-state index >= 15 is 0 Å². The maximum Gasteiger partial charge on any atom is 0.243 e. The molecule has 0 spiro atoms. The van der Waals surface area contributed by atoms with E-state index in [9.17, 15) is 4.79 Å². The predicted octanol–water partition coefficient (Wildman–Crippen LogP) is 3.95. The number of hydrogen-bond acceptors (Lipinski definition) is 4. The molecule has 7 heteroatoms. The van der Waals surface area contributed by atoms with Gasteiger partial charge < -0.3 is 11.1 Å². The first-order chi connectivity index (χ1) is 9.60. The number of amides is 1. The monoisotopic (exact) mass is 345 g/mol. The molecule has 0 aliphatic carbocycles. The van der Waals surface area contributed by atoms with Crippen molar-refractivity contribution in [1.29, 1.82) is 0 Å². The van der Waals surface area contributed by atoms with Crippen molar-refractivity contribution in [3.05, 3.63) is 34.7 Å². The van der Waals surface area contributed by atoms with Crippen LogP contribution in [0.15, 0.2) is 29.6 Å². The predicted molar refractivity (Wildman–Crippen MR) is 91.3 cm³/mol. The minimum absolute atomic E-state index is 0. The first-order valence-corrected chi connectivity index (χ1v) is 7.64. The van der Waals surface area contributed by atoms with Crippen molar-refractivity contribution in [2.24, 2.45) is 5.73 Å². The lowest BCUT2D eigenvalue weighted by Gasteiger charge is -2.08. The molecule has 0 saturated carbocycles. The first kappa shape index (κ1) is 17.9. The summed E-state index contributed by atoms with van der Waals surface area (Å²) in [5.41, 5.74) is 7.53. The maximum absolute atomic E-state index is 11.8. The van der Waals surface area contributed by atoms with Gasteiger partial charge >= 0.3 is 0 Å². The second-order valence-corrected chi connectivity index (χ2v) is 5.72. The molecule has 1 amide bonds. The van der Waals surface area contributed by atoms with Crippen molar-refractivity contribution in [2.45, 2.75) is 25.8 Å². The topological polar surface area (TPSA) is 68.0 Å². The molecular weight excluding hydrogens is 329 g/mol. The second-order valence-electron chi connectivity index (χ2n) is 4.43. The summed E-state index contributed by atoms with van der Waals surface area (Å²) in [5.74, 6) is -0.191. The summed E-state index contributed by atoms with van der Waals surface area (Å²) in [5, 5.41) is 5.88. The fourth-order valence-electron chi connectivity index (χ4n) is 1.72. The van der Waals surface area contributed by atoms with Crippen molar-refractivity contribution in [3.8, 4) is 11.3 Å². The molecule has 2 aromatic rings. The van der Waals surface area contributed by atoms with Gasteiger partial charge in [0.2, 0.25) is 5.91 Å². The van der Waals surface area contributed by atoms with Crippen LogP contribution < -0.4 is 11.1 Å². The third-order valence-corrected chi connectivity index (χ3v) is 3.82. The van der Waals surface area contributed by atoms with Crippen molar-refractivity contribution in [1.82, 2.24) is 4.98 Å². The number of nitrogens with one attached hydrogen (secondary N) is 1. The van der Waals surface area contributed by atoms with Gasteiger partial charge in [0, 0.05) is 16.0 Å². The van der Waals surface area contributed by atoms with E-state index in [1.807, 2.05) is 36.6 Å². The molecule has 1 unspecified atom stereocenters. The first-order valence-electron chi connectivity index (χ1n) is 6.38. The van der Waals surface area contributed by atoms with E-state index in [0.29, 0.717) is 16.6 Å². The molecule has 0 radical (unpaired) electrons. The summed E-state index contributed by atoms with van der Waals surface area (Å²) in [6.45, 7) is 2.00. The van der Waals surface area contributed by atoms with Gasteiger partial charge in [0.1, 0.15) is 0 Å². The molecule has 0 aliphatic rings. The Morgan fingerprint density at radius 1 is 1.43 bits per heavy atom. The summed E-state index contributed by atoms with van der Waals surface area (Å²) in [6, 6.07) is 6.93. The number of nitrogens with zero attached hydrogens (tertiary/aromatic N) is 1. The molecule has 0 fully saturated rings. The van der Waals surface area contributed by atoms with Crippen LogP contribution in [-0.2, 0) is 4.79 Å². The van der Waals surface area contributed by atoms with E-state index in [4.69, 9.17) is 17.3 Å². The van der Waals surface area contributed by atoms with Gasteiger partial charge in [-0.3, -0.25) is 4.79 Å². The van der Waals surface area contributed by atoms with Crippen molar-refractivity contribution < 1.29 is 4.79 Å². The summed E-state index contributed by atoms with van der Waals surface area (Å²) in [6.07, 6.45) is 1.55. The van der Waals surface area contributed by atoms with Crippen LogP contribution in [0.25, 0.3) is 11.3 Å². The molecule has 0 saturated heterocycles. The lowest BCUT2D eigenvalue weighted by atomic mass is 10.2. The highest BCUT2D eigenvalue weighted by molar-refractivity contribution is 7.14. The van der Waals surface area contributed by atoms with Crippen LogP contribution in [0.5, 0.6) is 0 Å². The number of anilines is 1. The minimum atomic E-state index is -0.483. The zero-order chi connectivity index (χ0) is 14.5. The number of aromatic nitrogens is 1. The van der Waals surface area contributed by atoms with Crippen LogP contribution in [0.1, 0.15) is 19.8 Å². The number of benzene rings is 1. The largest absolute Gasteiger partial charge is 0.320 e. The Morgan fingerprint density at radius 2 is 2.10 bits per heavy atom. The lowest BCUT2D eigenvalue weighted by Crippen LogP contribution is -2.35. The number of carbonyl (C=O) groups is 1. The molecule has 3 N–H and O–H groups in total. The molecule has 21 heavy (non-hydrogen) atoms. The quantitative estimate of drug-likeness (QED) is 0.861. The number of halogens is 2. The number of carbonyl (C=O) groups excluding carboxylic acids is 1. The number of hydrogen-bond donors (Lipinski definition) is 2. The van der Waals surface area contributed by atoms with Gasteiger partial charge in [0.05, 0.1) is 11.7 Å². The van der Waals surface area contributed by atoms with E-state index in [0.717, 1.165) is 17.7 Å². The Labute approximate surface area is 139 Å². The fourth-order valence-corrected chi connectivity index (χ4v) is 2.57. The van der Waals surface area contributed by atoms with Gasteiger partial charge in [-0.05, 0) is 18.6 Å². The van der Waals surface area contributed by atoms with Crippen molar-refractivity contribution >= 4 is 46.4 Å². The van der Waals surface area contributed by atoms with Gasteiger partial charge in [-0.25, -0.2) is 4.98 Å². The van der Waals surface area contributed by atoms with Crippen LogP contribution in [-0.4, -0.2) is 16.9 Å². The normalized spacial score (nSPS) is 11.6. The third kappa shape index (κ3) is 4.97. The Kier molecular flexibility index (Phi) is 7.11. The van der Waals surface area contributed by atoms with Gasteiger partial charge in [-0.2, -0.15) is 0 Å². The zero-order valence-electron chi connectivity index (χ0n) is 11.5. The van der Waals surface area contributed by atoms with Crippen LogP contribution in [0, 0.1) is 0 Å². The van der Waals surface area contributed by atoms with Gasteiger partial charge in [-0.1, -0.05) is 37.1 Å². The van der Waals surface area contributed by atoms with E-state index < -0.39 is 6.04 Å². The molecule has 0 aliphatic heterocycles. The molecular formula is C14H17Cl2N3OS. The third-order valence-electron chi connectivity index (χ3n) is 2.81. The minimum Gasteiger partial charge on any atom is -0.320 e. The standard InChI is InChI=1S/C14H16ClN3OS.ClH/c1-2-3-11(16)13(19)18-14-17-12(8-20-14)9-4-6-10(15)7-5-9;/h4-8,11H,2-3,16H2,1H3,(H,17,18,19);1H. The average Bonchev–Trinajstić information content (AvgIpc) is 2.88. The highest BCUT2D eigenvalue weighted by Crippen LogP contribution is 2.26. The zero-order valence-corrected chi connectivity index (χ0v) is 13.9. The molecule has 1 aromatic heterocycles. The van der Waals surface area contributed by atoms with Crippen LogP contribution in [0.4, 0.5) is 5.13 Å². The SMILES string of the molecule is CCCC(N)C(=O)Nc1nc(-c2ccc(Cl)cc2)cs1.Cl. The van der Waals surface area contributed by atoms with E-state index in [-0.39, 0.29) is 18.3 Å². The van der Waals surface area contributed by atoms with Crippen LogP contribution in [0.3, 0.4) is 0 Å².